The summed E-state index contributed by atoms with van der Waals surface area (Å²) < 4.78 is 6.93. The lowest BCUT2D eigenvalue weighted by atomic mass is 10.1. The molecule has 0 fully saturated rings. The van der Waals surface area contributed by atoms with Crippen LogP contribution in [0.2, 0.25) is 0 Å². The molecule has 0 aromatic carbocycles. The number of aliphatic hydroxyl groups excluding tert-OH is 1. The number of nitrogens with one attached hydrogen (secondary N) is 1. The predicted molar refractivity (Wildman–Crippen MR) is 63.9 cm³/mol. The van der Waals surface area contributed by atoms with Crippen molar-refractivity contribution in [1.82, 2.24) is 15.1 Å². The van der Waals surface area contributed by atoms with Crippen molar-refractivity contribution in [3.05, 3.63) is 11.3 Å². The third-order valence-corrected chi connectivity index (χ3v) is 2.63. The predicted octanol–water partition coefficient (Wildman–Crippen LogP) is -0.430. The van der Waals surface area contributed by atoms with Crippen molar-refractivity contribution >= 4 is 0 Å². The zero-order chi connectivity index (χ0) is 13.1. The molecule has 1 heterocycles. The molecule has 1 rings (SSSR count). The van der Waals surface area contributed by atoms with Gasteiger partial charge in [-0.25, -0.2) is 4.68 Å². The van der Waals surface area contributed by atoms with E-state index in [9.17, 15) is 5.11 Å². The summed E-state index contributed by atoms with van der Waals surface area (Å²) in [5.74, 6) is 0.707. The molecule has 0 aliphatic rings. The molecular weight excluding hydrogens is 222 g/mol. The highest BCUT2D eigenvalue weighted by atomic mass is 16.5. The Labute approximate surface area is 101 Å². The summed E-state index contributed by atoms with van der Waals surface area (Å²) in [6, 6.07) is 0. The van der Waals surface area contributed by atoms with E-state index in [1.165, 1.54) is 0 Å². The van der Waals surface area contributed by atoms with Gasteiger partial charge in [-0.2, -0.15) is 5.10 Å². The normalized spacial score (nSPS) is 14.7. The number of hydrogen-bond acceptors (Lipinski definition) is 5. The number of rotatable bonds is 6. The van der Waals surface area contributed by atoms with E-state index in [4.69, 9.17) is 9.84 Å². The number of aromatic nitrogens is 2. The van der Waals surface area contributed by atoms with Gasteiger partial charge in [0.05, 0.1) is 30.6 Å². The summed E-state index contributed by atoms with van der Waals surface area (Å²) in [4.78, 5) is 0. The van der Waals surface area contributed by atoms with Gasteiger partial charge < -0.3 is 20.3 Å². The van der Waals surface area contributed by atoms with Gasteiger partial charge in [-0.1, -0.05) is 0 Å². The van der Waals surface area contributed by atoms with Crippen molar-refractivity contribution in [2.45, 2.75) is 26.0 Å². The summed E-state index contributed by atoms with van der Waals surface area (Å²) in [7, 11) is 3.42. The third kappa shape index (κ3) is 3.42. The maximum Gasteiger partial charge on any atom is 0.216 e. The molecule has 98 valence electrons. The first-order valence-electron chi connectivity index (χ1n) is 5.51. The van der Waals surface area contributed by atoms with Crippen molar-refractivity contribution in [2.75, 3.05) is 20.3 Å². The van der Waals surface area contributed by atoms with Crippen molar-refractivity contribution in [3.8, 4) is 5.88 Å². The van der Waals surface area contributed by atoms with Crippen molar-refractivity contribution in [3.63, 3.8) is 0 Å². The van der Waals surface area contributed by atoms with E-state index in [1.807, 2.05) is 14.0 Å². The van der Waals surface area contributed by atoms with Crippen LogP contribution < -0.4 is 10.1 Å². The summed E-state index contributed by atoms with van der Waals surface area (Å²) >= 11 is 0. The molecule has 17 heavy (non-hydrogen) atoms. The maximum absolute atomic E-state index is 9.64. The lowest BCUT2D eigenvalue weighted by molar-refractivity contribution is 0.00249. The highest BCUT2D eigenvalue weighted by Gasteiger charge is 2.19. The zero-order valence-corrected chi connectivity index (χ0v) is 10.8. The average Bonchev–Trinajstić information content (AvgIpc) is 2.53. The molecule has 0 saturated carbocycles. The van der Waals surface area contributed by atoms with Gasteiger partial charge in [0.2, 0.25) is 5.88 Å². The summed E-state index contributed by atoms with van der Waals surface area (Å²) in [5, 5.41) is 25.9. The Bertz CT molecular complexity index is 374. The molecule has 1 aromatic heterocycles. The zero-order valence-electron chi connectivity index (χ0n) is 10.8. The number of aliphatic hydroxyl groups is 2. The fourth-order valence-electron chi connectivity index (χ4n) is 1.65. The monoisotopic (exact) mass is 243 g/mol. The van der Waals surface area contributed by atoms with Crippen LogP contribution >= 0.6 is 0 Å². The van der Waals surface area contributed by atoms with Gasteiger partial charge in [-0.05, 0) is 13.8 Å². The number of hydrogen-bond donors (Lipinski definition) is 3. The maximum atomic E-state index is 9.64. The van der Waals surface area contributed by atoms with E-state index in [0.717, 1.165) is 11.3 Å². The molecule has 1 atom stereocenters. The van der Waals surface area contributed by atoms with Gasteiger partial charge >= 0.3 is 0 Å². The molecular formula is C11H21N3O3. The Kier molecular flexibility index (Phi) is 4.50. The topological polar surface area (TPSA) is 79.5 Å². The molecule has 0 spiro atoms. The van der Waals surface area contributed by atoms with E-state index in [0.29, 0.717) is 19.0 Å². The van der Waals surface area contributed by atoms with Crippen LogP contribution in [0.25, 0.3) is 0 Å². The molecule has 0 aliphatic carbocycles. The van der Waals surface area contributed by atoms with Crippen molar-refractivity contribution in [2.24, 2.45) is 7.05 Å². The lowest BCUT2D eigenvalue weighted by Crippen LogP contribution is -2.40. The van der Waals surface area contributed by atoms with Gasteiger partial charge in [0.15, 0.2) is 0 Å². The second kappa shape index (κ2) is 5.48. The molecule has 0 amide bonds. The quantitative estimate of drug-likeness (QED) is 0.632. The van der Waals surface area contributed by atoms with Gasteiger partial charge in [0.1, 0.15) is 0 Å². The van der Waals surface area contributed by atoms with Crippen LogP contribution in [0.3, 0.4) is 0 Å². The van der Waals surface area contributed by atoms with Crippen LogP contribution in [0.5, 0.6) is 5.88 Å². The molecule has 6 nitrogen and oxygen atoms in total. The van der Waals surface area contributed by atoms with E-state index in [2.05, 4.69) is 10.4 Å². The largest absolute Gasteiger partial charge is 0.481 e. The Balaban J connectivity index is 2.63. The Morgan fingerprint density at radius 1 is 1.53 bits per heavy atom. The van der Waals surface area contributed by atoms with Crippen molar-refractivity contribution < 1.29 is 14.9 Å². The molecule has 3 N–H and O–H groups in total. The molecule has 0 saturated heterocycles. The minimum absolute atomic E-state index is 0.275. The van der Waals surface area contributed by atoms with E-state index in [-0.39, 0.29) is 6.61 Å². The van der Waals surface area contributed by atoms with E-state index < -0.39 is 5.60 Å². The van der Waals surface area contributed by atoms with Crippen LogP contribution in [0.15, 0.2) is 0 Å². The first-order chi connectivity index (χ1) is 7.91. The minimum Gasteiger partial charge on any atom is -0.481 e. The number of nitrogens with zero attached hydrogens (tertiary/aromatic N) is 2. The number of aryl methyl sites for hydroxylation is 2. The standard InChI is InChI=1S/C11H21N3O3/c1-8-9(10(17-4)14(3)13-8)5-12-6-11(2,16)7-15/h12,15-16H,5-7H2,1-4H3. The van der Waals surface area contributed by atoms with Gasteiger partial charge in [-0.15, -0.1) is 0 Å². The summed E-state index contributed by atoms with van der Waals surface area (Å²) in [5.41, 5.74) is 0.743. The second-order valence-corrected chi connectivity index (χ2v) is 4.46. The SMILES string of the molecule is COc1c(CNCC(C)(O)CO)c(C)nn1C. The molecule has 6 heteroatoms. The second-order valence-electron chi connectivity index (χ2n) is 4.46. The van der Waals surface area contributed by atoms with E-state index in [1.54, 1.807) is 18.7 Å². The first-order valence-corrected chi connectivity index (χ1v) is 5.51. The Morgan fingerprint density at radius 2 is 2.18 bits per heavy atom. The van der Waals surface area contributed by atoms with Gasteiger partial charge in [0.25, 0.3) is 0 Å². The van der Waals surface area contributed by atoms with Crippen LogP contribution in [0.4, 0.5) is 0 Å². The average molecular weight is 243 g/mol. The van der Waals surface area contributed by atoms with Crippen LogP contribution in [-0.2, 0) is 13.6 Å². The third-order valence-electron chi connectivity index (χ3n) is 2.63. The van der Waals surface area contributed by atoms with Crippen molar-refractivity contribution in [1.29, 1.82) is 0 Å². The molecule has 0 radical (unpaired) electrons. The fraction of sp³-hybridized carbons (Fsp3) is 0.727. The number of methoxy groups -OCH3 is 1. The summed E-state index contributed by atoms with van der Waals surface area (Å²) in [6.07, 6.45) is 0. The minimum atomic E-state index is -1.11. The Hall–Kier alpha value is -1.11. The smallest absolute Gasteiger partial charge is 0.216 e. The lowest BCUT2D eigenvalue weighted by Gasteiger charge is -2.20. The molecule has 0 aliphatic heterocycles. The Morgan fingerprint density at radius 3 is 2.71 bits per heavy atom. The molecule has 0 bridgehead atoms. The number of ether oxygens (including phenoxy) is 1. The molecule has 1 aromatic rings. The van der Waals surface area contributed by atoms with Crippen LogP contribution in [0.1, 0.15) is 18.2 Å². The summed E-state index contributed by atoms with van der Waals surface area (Å²) in [6.45, 7) is 4.06. The highest BCUT2D eigenvalue weighted by Crippen LogP contribution is 2.20. The first kappa shape index (κ1) is 14.0. The van der Waals surface area contributed by atoms with Crippen LogP contribution in [-0.4, -0.2) is 45.9 Å². The fourth-order valence-corrected chi connectivity index (χ4v) is 1.65. The van der Waals surface area contributed by atoms with E-state index >= 15 is 0 Å². The highest BCUT2D eigenvalue weighted by molar-refractivity contribution is 5.30. The molecule has 1 unspecified atom stereocenters. The van der Waals surface area contributed by atoms with Gasteiger partial charge in [-0.3, -0.25) is 0 Å². The van der Waals surface area contributed by atoms with Gasteiger partial charge in [0, 0.05) is 20.1 Å². The van der Waals surface area contributed by atoms with Crippen LogP contribution in [0, 0.1) is 6.92 Å².